The molecule has 70 valence electrons. The Labute approximate surface area is 84.8 Å². The maximum atomic E-state index is 8.54. The van der Waals surface area contributed by atoms with Crippen molar-refractivity contribution in [2.24, 2.45) is 5.73 Å². The second kappa shape index (κ2) is 5.58. The van der Waals surface area contributed by atoms with E-state index < -0.39 is 0 Å². The first-order chi connectivity index (χ1) is 5.77. The maximum absolute atomic E-state index is 8.54. The van der Waals surface area contributed by atoms with Gasteiger partial charge in [0.25, 0.3) is 0 Å². The molecule has 0 aliphatic heterocycles. The molecule has 1 aromatic carbocycles. The van der Waals surface area contributed by atoms with E-state index in [1.54, 1.807) is 12.1 Å². The molecule has 0 saturated carbocycles. The second-order valence-corrected chi connectivity index (χ2v) is 2.75. The summed E-state index contributed by atoms with van der Waals surface area (Å²) in [7, 11) is 0. The van der Waals surface area contributed by atoms with E-state index in [0.29, 0.717) is 5.56 Å². The number of hydrogen-bond donors (Lipinski definition) is 1. The lowest BCUT2D eigenvalue weighted by Crippen LogP contribution is -2.08. The van der Waals surface area contributed by atoms with Crippen LogP contribution in [0.15, 0.2) is 24.3 Å². The van der Waals surface area contributed by atoms with E-state index in [0.717, 1.165) is 12.0 Å². The first-order valence-electron chi connectivity index (χ1n) is 4.03. The van der Waals surface area contributed by atoms with E-state index in [1.165, 1.54) is 0 Å². The molecule has 1 rings (SSSR count). The molecule has 1 aromatic rings. The first-order valence-corrected chi connectivity index (χ1v) is 4.03. The molecular formula is C10H13ClN2. The van der Waals surface area contributed by atoms with Crippen LogP contribution in [-0.4, -0.2) is 0 Å². The van der Waals surface area contributed by atoms with Crippen molar-refractivity contribution in [2.45, 2.75) is 19.4 Å². The summed E-state index contributed by atoms with van der Waals surface area (Å²) in [5.41, 5.74) is 7.58. The Morgan fingerprint density at radius 1 is 1.38 bits per heavy atom. The normalized spacial score (nSPS) is 11.2. The van der Waals surface area contributed by atoms with Crippen molar-refractivity contribution in [1.82, 2.24) is 0 Å². The van der Waals surface area contributed by atoms with Gasteiger partial charge in [-0.15, -0.1) is 12.4 Å². The zero-order valence-electron chi connectivity index (χ0n) is 7.53. The number of nitriles is 1. The molecule has 0 aliphatic carbocycles. The number of hydrogen-bond acceptors (Lipinski definition) is 2. The summed E-state index contributed by atoms with van der Waals surface area (Å²) in [5, 5.41) is 8.54. The van der Waals surface area contributed by atoms with Crippen LogP contribution in [0.3, 0.4) is 0 Å². The molecule has 0 heterocycles. The lowest BCUT2D eigenvalue weighted by molar-refractivity contribution is 0.698. The van der Waals surface area contributed by atoms with Crippen LogP contribution in [-0.2, 0) is 0 Å². The Balaban J connectivity index is 0.00000144. The van der Waals surface area contributed by atoms with E-state index in [9.17, 15) is 0 Å². The molecule has 0 spiro atoms. The smallest absolute Gasteiger partial charge is 0.0991 e. The summed E-state index contributed by atoms with van der Waals surface area (Å²) >= 11 is 0. The number of rotatable bonds is 2. The average molecular weight is 197 g/mol. The number of halogens is 1. The molecule has 0 amide bonds. The summed E-state index contributed by atoms with van der Waals surface area (Å²) < 4.78 is 0. The van der Waals surface area contributed by atoms with Gasteiger partial charge < -0.3 is 5.73 Å². The number of benzene rings is 1. The third-order valence-electron chi connectivity index (χ3n) is 1.91. The van der Waals surface area contributed by atoms with Crippen molar-refractivity contribution >= 4 is 12.4 Å². The molecule has 0 radical (unpaired) electrons. The molecule has 3 heteroatoms. The van der Waals surface area contributed by atoms with Crippen molar-refractivity contribution in [3.05, 3.63) is 35.4 Å². The summed E-state index contributed by atoms with van der Waals surface area (Å²) in [6.45, 7) is 2.04. The lowest BCUT2D eigenvalue weighted by atomic mass is 10.0. The predicted molar refractivity (Wildman–Crippen MR) is 55.6 cm³/mol. The molecule has 0 saturated heterocycles. The molecule has 1 atom stereocenters. The Hall–Kier alpha value is -1.04. The largest absolute Gasteiger partial charge is 0.324 e. The lowest BCUT2D eigenvalue weighted by Gasteiger charge is -2.07. The van der Waals surface area contributed by atoms with Crippen LogP contribution >= 0.6 is 12.4 Å². The molecule has 0 fully saturated rings. The van der Waals surface area contributed by atoms with Gasteiger partial charge in [-0.3, -0.25) is 0 Å². The third kappa shape index (κ3) is 3.06. The van der Waals surface area contributed by atoms with E-state index in [-0.39, 0.29) is 18.4 Å². The van der Waals surface area contributed by atoms with Crippen molar-refractivity contribution in [3.8, 4) is 6.07 Å². The van der Waals surface area contributed by atoms with E-state index in [4.69, 9.17) is 11.0 Å². The van der Waals surface area contributed by atoms with Crippen LogP contribution in [0, 0.1) is 11.3 Å². The summed E-state index contributed by atoms with van der Waals surface area (Å²) in [6, 6.07) is 9.58. The van der Waals surface area contributed by atoms with Gasteiger partial charge in [-0.25, -0.2) is 0 Å². The van der Waals surface area contributed by atoms with Gasteiger partial charge in [0, 0.05) is 6.04 Å². The highest BCUT2D eigenvalue weighted by Crippen LogP contribution is 2.13. The minimum Gasteiger partial charge on any atom is -0.324 e. The SMILES string of the molecule is CC[C@@H](N)c1ccc(C#N)cc1.Cl. The Kier molecular flexibility index (Phi) is 5.13. The summed E-state index contributed by atoms with van der Waals surface area (Å²) in [4.78, 5) is 0. The van der Waals surface area contributed by atoms with Crippen molar-refractivity contribution in [3.63, 3.8) is 0 Å². The Morgan fingerprint density at radius 2 is 1.92 bits per heavy atom. The highest BCUT2D eigenvalue weighted by Gasteiger charge is 2.01. The van der Waals surface area contributed by atoms with Crippen molar-refractivity contribution < 1.29 is 0 Å². The van der Waals surface area contributed by atoms with Gasteiger partial charge in [-0.05, 0) is 24.1 Å². The fourth-order valence-electron chi connectivity index (χ4n) is 1.04. The van der Waals surface area contributed by atoms with Crippen LogP contribution in [0.1, 0.15) is 30.5 Å². The number of nitrogens with zero attached hydrogens (tertiary/aromatic N) is 1. The molecular weight excluding hydrogens is 184 g/mol. The van der Waals surface area contributed by atoms with Gasteiger partial charge in [0.1, 0.15) is 0 Å². The standard InChI is InChI=1S/C10H12N2.ClH/c1-2-10(12)9-5-3-8(7-11)4-6-9;/h3-6,10H,2,12H2,1H3;1H/t10-;/m1./s1. The fourth-order valence-corrected chi connectivity index (χ4v) is 1.04. The van der Waals surface area contributed by atoms with Gasteiger partial charge in [-0.2, -0.15) is 5.26 Å². The average Bonchev–Trinajstić information content (AvgIpc) is 2.17. The predicted octanol–water partition coefficient (Wildman–Crippen LogP) is 2.39. The fraction of sp³-hybridized carbons (Fsp3) is 0.300. The second-order valence-electron chi connectivity index (χ2n) is 2.75. The molecule has 0 aliphatic rings. The zero-order valence-corrected chi connectivity index (χ0v) is 8.34. The van der Waals surface area contributed by atoms with Gasteiger partial charge in [-0.1, -0.05) is 19.1 Å². The molecule has 13 heavy (non-hydrogen) atoms. The summed E-state index contributed by atoms with van der Waals surface area (Å²) in [5.74, 6) is 0. The van der Waals surface area contributed by atoms with E-state index in [2.05, 4.69) is 6.07 Å². The number of nitrogens with two attached hydrogens (primary N) is 1. The van der Waals surface area contributed by atoms with Crippen LogP contribution in [0.2, 0.25) is 0 Å². The van der Waals surface area contributed by atoms with E-state index >= 15 is 0 Å². The van der Waals surface area contributed by atoms with Crippen LogP contribution < -0.4 is 5.73 Å². The van der Waals surface area contributed by atoms with Crippen LogP contribution in [0.25, 0.3) is 0 Å². The maximum Gasteiger partial charge on any atom is 0.0991 e. The van der Waals surface area contributed by atoms with Gasteiger partial charge in [0.05, 0.1) is 11.6 Å². The van der Waals surface area contributed by atoms with Crippen molar-refractivity contribution in [1.29, 1.82) is 5.26 Å². The monoisotopic (exact) mass is 196 g/mol. The molecule has 0 bridgehead atoms. The molecule has 0 aromatic heterocycles. The minimum atomic E-state index is 0. The summed E-state index contributed by atoms with van der Waals surface area (Å²) in [6.07, 6.45) is 0.923. The molecule has 2 nitrogen and oxygen atoms in total. The molecule has 2 N–H and O–H groups in total. The van der Waals surface area contributed by atoms with Crippen molar-refractivity contribution in [2.75, 3.05) is 0 Å². The third-order valence-corrected chi connectivity index (χ3v) is 1.91. The van der Waals surface area contributed by atoms with Gasteiger partial charge >= 0.3 is 0 Å². The quantitative estimate of drug-likeness (QED) is 0.790. The molecule has 0 unspecified atom stereocenters. The Bertz CT molecular complexity index is 287. The van der Waals surface area contributed by atoms with Gasteiger partial charge in [0.2, 0.25) is 0 Å². The highest BCUT2D eigenvalue weighted by molar-refractivity contribution is 5.85. The minimum absolute atomic E-state index is 0. The first kappa shape index (κ1) is 12.0. The van der Waals surface area contributed by atoms with E-state index in [1.807, 2.05) is 19.1 Å². The zero-order chi connectivity index (χ0) is 8.97. The topological polar surface area (TPSA) is 49.8 Å². The van der Waals surface area contributed by atoms with Gasteiger partial charge in [0.15, 0.2) is 0 Å². The highest BCUT2D eigenvalue weighted by atomic mass is 35.5. The Morgan fingerprint density at radius 3 is 2.31 bits per heavy atom. The van der Waals surface area contributed by atoms with Crippen LogP contribution in [0.5, 0.6) is 0 Å². The van der Waals surface area contributed by atoms with Crippen LogP contribution in [0.4, 0.5) is 0 Å².